The molecule has 3 N–H and O–H groups in total. The maximum absolute atomic E-state index is 12.3. The van der Waals surface area contributed by atoms with Crippen LogP contribution in [0.4, 0.5) is 0 Å². The van der Waals surface area contributed by atoms with E-state index in [0.717, 1.165) is 25.2 Å². The van der Waals surface area contributed by atoms with Gasteiger partial charge in [-0.15, -0.1) is 0 Å². The summed E-state index contributed by atoms with van der Waals surface area (Å²) in [5.41, 5.74) is 0.919. The van der Waals surface area contributed by atoms with E-state index in [1.807, 2.05) is 0 Å². The van der Waals surface area contributed by atoms with Gasteiger partial charge in [0.1, 0.15) is 0 Å². The number of aromatic nitrogens is 1. The first kappa shape index (κ1) is 15.0. The predicted molar refractivity (Wildman–Crippen MR) is 81.4 cm³/mol. The SMILES string of the molecule is CN1CCC(CNS(=O)(=O)c2c[nH]c(CNC3CC3)c2)C1. The fourth-order valence-corrected chi connectivity index (χ4v) is 3.85. The van der Waals surface area contributed by atoms with Crippen molar-refractivity contribution in [3.8, 4) is 0 Å². The zero-order chi connectivity index (χ0) is 14.9. The van der Waals surface area contributed by atoms with E-state index in [2.05, 4.69) is 27.0 Å². The quantitative estimate of drug-likeness (QED) is 0.685. The van der Waals surface area contributed by atoms with Crippen LogP contribution in [0.2, 0.25) is 0 Å². The van der Waals surface area contributed by atoms with Crippen LogP contribution in [0, 0.1) is 5.92 Å². The largest absolute Gasteiger partial charge is 0.363 e. The van der Waals surface area contributed by atoms with Crippen molar-refractivity contribution >= 4 is 10.0 Å². The molecule has 7 heteroatoms. The molecule has 1 aromatic heterocycles. The van der Waals surface area contributed by atoms with Crippen LogP contribution in [0.15, 0.2) is 17.2 Å². The van der Waals surface area contributed by atoms with Crippen molar-refractivity contribution in [2.24, 2.45) is 5.92 Å². The lowest BCUT2D eigenvalue weighted by Crippen LogP contribution is -2.30. The molecule has 2 heterocycles. The minimum Gasteiger partial charge on any atom is -0.363 e. The van der Waals surface area contributed by atoms with Gasteiger partial charge in [-0.25, -0.2) is 13.1 Å². The van der Waals surface area contributed by atoms with Crippen molar-refractivity contribution in [3.63, 3.8) is 0 Å². The monoisotopic (exact) mass is 312 g/mol. The average Bonchev–Trinajstić information content (AvgIpc) is 2.97. The van der Waals surface area contributed by atoms with E-state index in [1.54, 1.807) is 12.3 Å². The van der Waals surface area contributed by atoms with Gasteiger partial charge in [0, 0.05) is 37.6 Å². The topological polar surface area (TPSA) is 77.2 Å². The van der Waals surface area contributed by atoms with Gasteiger partial charge in [0.15, 0.2) is 0 Å². The molecule has 1 saturated heterocycles. The first-order chi connectivity index (χ1) is 10.0. The molecule has 1 unspecified atom stereocenters. The molecule has 0 spiro atoms. The molecule has 1 atom stereocenters. The second-order valence-corrected chi connectivity index (χ2v) is 8.05. The molecule has 2 aliphatic rings. The van der Waals surface area contributed by atoms with Gasteiger partial charge < -0.3 is 15.2 Å². The van der Waals surface area contributed by atoms with Crippen LogP contribution < -0.4 is 10.0 Å². The summed E-state index contributed by atoms with van der Waals surface area (Å²) in [4.78, 5) is 5.61. The van der Waals surface area contributed by atoms with E-state index < -0.39 is 10.0 Å². The Bertz CT molecular complexity index is 580. The number of rotatable bonds is 7. The summed E-state index contributed by atoms with van der Waals surface area (Å²) >= 11 is 0. The number of nitrogens with zero attached hydrogens (tertiary/aromatic N) is 1. The van der Waals surface area contributed by atoms with Crippen molar-refractivity contribution in [3.05, 3.63) is 18.0 Å². The van der Waals surface area contributed by atoms with Crippen molar-refractivity contribution in [1.82, 2.24) is 19.9 Å². The molecule has 118 valence electrons. The van der Waals surface area contributed by atoms with Crippen molar-refractivity contribution in [1.29, 1.82) is 0 Å². The second-order valence-electron chi connectivity index (χ2n) is 6.28. The summed E-state index contributed by atoms with van der Waals surface area (Å²) < 4.78 is 27.3. The number of nitrogens with one attached hydrogen (secondary N) is 3. The number of sulfonamides is 1. The predicted octanol–water partition coefficient (Wildman–Crippen LogP) is 0.497. The summed E-state index contributed by atoms with van der Waals surface area (Å²) in [5, 5.41) is 3.37. The third-order valence-corrected chi connectivity index (χ3v) is 5.64. The normalized spacial score (nSPS) is 23.8. The maximum atomic E-state index is 12.3. The van der Waals surface area contributed by atoms with Crippen LogP contribution in [-0.4, -0.2) is 51.0 Å². The highest BCUT2D eigenvalue weighted by molar-refractivity contribution is 7.89. The van der Waals surface area contributed by atoms with Crippen LogP contribution in [0.25, 0.3) is 0 Å². The number of H-pyrrole nitrogens is 1. The van der Waals surface area contributed by atoms with Gasteiger partial charge in [-0.3, -0.25) is 0 Å². The molecule has 2 fully saturated rings. The average molecular weight is 312 g/mol. The van der Waals surface area contributed by atoms with Gasteiger partial charge in [0.25, 0.3) is 0 Å². The molecular formula is C14H24N4O2S. The number of hydrogen-bond acceptors (Lipinski definition) is 4. The second kappa shape index (κ2) is 6.08. The fraction of sp³-hybridized carbons (Fsp3) is 0.714. The molecule has 6 nitrogen and oxygen atoms in total. The van der Waals surface area contributed by atoms with Crippen molar-refractivity contribution in [2.45, 2.75) is 36.7 Å². The summed E-state index contributed by atoms with van der Waals surface area (Å²) in [5.74, 6) is 0.416. The Labute approximate surface area is 126 Å². The zero-order valence-corrected chi connectivity index (χ0v) is 13.2. The van der Waals surface area contributed by atoms with Gasteiger partial charge in [-0.2, -0.15) is 0 Å². The molecule has 0 radical (unpaired) electrons. The molecule has 0 aromatic carbocycles. The van der Waals surface area contributed by atoms with Gasteiger partial charge in [0.2, 0.25) is 10.0 Å². The third kappa shape index (κ3) is 4.06. The van der Waals surface area contributed by atoms with Crippen LogP contribution in [-0.2, 0) is 16.6 Å². The lowest BCUT2D eigenvalue weighted by molar-refractivity contribution is 0.394. The first-order valence-electron chi connectivity index (χ1n) is 7.62. The minimum absolute atomic E-state index is 0.335. The number of likely N-dealkylation sites (tertiary alicyclic amines) is 1. The highest BCUT2D eigenvalue weighted by Gasteiger charge is 2.23. The van der Waals surface area contributed by atoms with Gasteiger partial charge in [0.05, 0.1) is 4.90 Å². The van der Waals surface area contributed by atoms with Crippen LogP contribution in [0.1, 0.15) is 25.0 Å². The van der Waals surface area contributed by atoms with Crippen LogP contribution in [0.3, 0.4) is 0 Å². The van der Waals surface area contributed by atoms with Gasteiger partial charge in [-0.1, -0.05) is 0 Å². The molecule has 21 heavy (non-hydrogen) atoms. The molecule has 1 aromatic rings. The molecule has 1 aliphatic heterocycles. The Balaban J connectivity index is 1.53. The van der Waals surface area contributed by atoms with Crippen molar-refractivity contribution in [2.75, 3.05) is 26.7 Å². The Kier molecular flexibility index (Phi) is 4.35. The van der Waals surface area contributed by atoms with E-state index in [4.69, 9.17) is 0 Å². The van der Waals surface area contributed by atoms with E-state index in [9.17, 15) is 8.42 Å². The molecule has 0 bridgehead atoms. The van der Waals surface area contributed by atoms with Crippen molar-refractivity contribution < 1.29 is 8.42 Å². The smallest absolute Gasteiger partial charge is 0.242 e. The Morgan fingerprint density at radius 2 is 2.19 bits per heavy atom. The lowest BCUT2D eigenvalue weighted by Gasteiger charge is -2.11. The first-order valence-corrected chi connectivity index (χ1v) is 9.10. The molecule has 0 amide bonds. The standard InChI is InChI=1S/C14H24N4O2S/c1-18-5-4-11(10-18)7-17-21(19,20)14-6-13(16-9-14)8-15-12-2-3-12/h6,9,11-12,15-17H,2-5,7-8,10H2,1H3. The molecule has 1 aliphatic carbocycles. The van der Waals surface area contributed by atoms with E-state index in [1.165, 1.54) is 12.8 Å². The summed E-state index contributed by atoms with van der Waals surface area (Å²) in [7, 11) is -1.33. The zero-order valence-electron chi connectivity index (χ0n) is 12.4. The fourth-order valence-electron chi connectivity index (χ4n) is 2.72. The third-order valence-electron chi connectivity index (χ3n) is 4.24. The van der Waals surface area contributed by atoms with Gasteiger partial charge in [-0.05, 0) is 44.8 Å². The molecule has 3 rings (SSSR count). The summed E-state index contributed by atoms with van der Waals surface area (Å²) in [6.45, 7) is 3.24. The van der Waals surface area contributed by atoms with Crippen LogP contribution >= 0.6 is 0 Å². The summed E-state index contributed by atoms with van der Waals surface area (Å²) in [6.07, 6.45) is 5.09. The Morgan fingerprint density at radius 1 is 1.38 bits per heavy atom. The van der Waals surface area contributed by atoms with Crippen LogP contribution in [0.5, 0.6) is 0 Å². The van der Waals surface area contributed by atoms with E-state index >= 15 is 0 Å². The molecule has 1 saturated carbocycles. The molecular weight excluding hydrogens is 288 g/mol. The van der Waals surface area contributed by atoms with E-state index in [0.29, 0.717) is 29.9 Å². The highest BCUT2D eigenvalue weighted by atomic mass is 32.2. The summed E-state index contributed by atoms with van der Waals surface area (Å²) in [6, 6.07) is 2.34. The highest BCUT2D eigenvalue weighted by Crippen LogP contribution is 2.20. The van der Waals surface area contributed by atoms with E-state index in [-0.39, 0.29) is 0 Å². The number of aromatic amines is 1. The minimum atomic E-state index is -3.39. The Morgan fingerprint density at radius 3 is 2.86 bits per heavy atom. The van der Waals surface area contributed by atoms with Gasteiger partial charge >= 0.3 is 0 Å². The lowest BCUT2D eigenvalue weighted by atomic mass is 10.1. The Hall–Kier alpha value is -0.890. The number of hydrogen-bond donors (Lipinski definition) is 3. The maximum Gasteiger partial charge on any atom is 0.242 e.